The normalized spacial score (nSPS) is 13.2. The van der Waals surface area contributed by atoms with Crippen molar-refractivity contribution in [2.75, 3.05) is 7.05 Å². The Hall–Kier alpha value is -1.65. The summed E-state index contributed by atoms with van der Waals surface area (Å²) in [7, 11) is -1.80. The molecule has 2 aromatic carbocycles. The van der Waals surface area contributed by atoms with E-state index in [0.29, 0.717) is 4.90 Å². The van der Waals surface area contributed by atoms with Gasteiger partial charge in [0, 0.05) is 13.1 Å². The molecule has 2 aromatic rings. The van der Waals surface area contributed by atoms with Gasteiger partial charge in [-0.15, -0.1) is 0 Å². The van der Waals surface area contributed by atoms with Crippen molar-refractivity contribution in [3.63, 3.8) is 0 Å². The minimum Gasteiger partial charge on any atom is -0.207 e. The first-order valence-corrected chi connectivity index (χ1v) is 9.77. The average molecular weight is 346 g/mol. The molecule has 4 heteroatoms. The molecule has 1 atom stereocenters. The lowest BCUT2D eigenvalue weighted by Crippen LogP contribution is -2.36. The second kappa shape index (κ2) is 7.49. The van der Waals surface area contributed by atoms with E-state index >= 15 is 0 Å². The Morgan fingerprint density at radius 3 is 2.08 bits per heavy atom. The van der Waals surface area contributed by atoms with Crippen molar-refractivity contribution in [3.05, 3.63) is 64.7 Å². The smallest absolute Gasteiger partial charge is 0.207 e. The van der Waals surface area contributed by atoms with Gasteiger partial charge in [-0.05, 0) is 57.2 Å². The van der Waals surface area contributed by atoms with E-state index in [2.05, 4.69) is 12.1 Å². The van der Waals surface area contributed by atoms with Crippen molar-refractivity contribution in [2.24, 2.45) is 0 Å². The first kappa shape index (κ1) is 18.7. The fourth-order valence-electron chi connectivity index (χ4n) is 3.16. The third-order valence-corrected chi connectivity index (χ3v) is 6.83. The van der Waals surface area contributed by atoms with Gasteiger partial charge in [-0.25, -0.2) is 8.42 Å². The summed E-state index contributed by atoms with van der Waals surface area (Å²) < 4.78 is 27.6. The molecule has 2 rings (SSSR count). The van der Waals surface area contributed by atoms with Crippen LogP contribution in [-0.2, 0) is 16.4 Å². The van der Waals surface area contributed by atoms with Crippen molar-refractivity contribution in [1.82, 2.24) is 4.31 Å². The zero-order valence-electron chi connectivity index (χ0n) is 15.2. The average Bonchev–Trinajstić information content (AvgIpc) is 2.51. The Morgan fingerprint density at radius 1 is 1.00 bits per heavy atom. The van der Waals surface area contributed by atoms with E-state index in [-0.39, 0.29) is 6.04 Å². The van der Waals surface area contributed by atoms with Crippen LogP contribution in [0.15, 0.2) is 47.4 Å². The van der Waals surface area contributed by atoms with Gasteiger partial charge in [0.1, 0.15) is 0 Å². The van der Waals surface area contributed by atoms with Gasteiger partial charge in [0.25, 0.3) is 0 Å². The van der Waals surface area contributed by atoms with E-state index in [1.807, 2.05) is 58.0 Å². The van der Waals surface area contributed by atoms with Crippen molar-refractivity contribution in [2.45, 2.75) is 51.5 Å². The molecule has 0 N–H and O–H groups in total. The van der Waals surface area contributed by atoms with Crippen molar-refractivity contribution in [3.8, 4) is 0 Å². The highest BCUT2D eigenvalue weighted by Gasteiger charge is 2.28. The number of benzene rings is 2. The predicted molar refractivity (Wildman–Crippen MR) is 99.8 cm³/mol. The van der Waals surface area contributed by atoms with Crippen LogP contribution in [0.2, 0.25) is 0 Å². The number of sulfonamides is 1. The summed E-state index contributed by atoms with van der Waals surface area (Å²) in [6, 6.07) is 14.0. The first-order chi connectivity index (χ1) is 11.2. The van der Waals surface area contributed by atoms with Crippen LogP contribution in [0, 0.1) is 20.8 Å². The number of rotatable bonds is 6. The van der Waals surface area contributed by atoms with E-state index in [0.717, 1.165) is 29.5 Å². The molecule has 0 aliphatic carbocycles. The third kappa shape index (κ3) is 4.05. The molecule has 0 saturated carbocycles. The summed E-state index contributed by atoms with van der Waals surface area (Å²) >= 11 is 0. The van der Waals surface area contributed by atoms with E-state index in [4.69, 9.17) is 0 Å². The summed E-state index contributed by atoms with van der Waals surface area (Å²) in [6.07, 6.45) is 1.66. The molecular formula is C20H27NO2S. The molecule has 0 aromatic heterocycles. The molecule has 0 spiro atoms. The van der Waals surface area contributed by atoms with E-state index in [1.165, 1.54) is 9.87 Å². The van der Waals surface area contributed by atoms with Gasteiger partial charge in [0.2, 0.25) is 10.0 Å². The molecule has 0 heterocycles. The molecule has 0 saturated heterocycles. The lowest BCUT2D eigenvalue weighted by Gasteiger charge is -2.26. The van der Waals surface area contributed by atoms with Gasteiger partial charge in [0.05, 0.1) is 4.90 Å². The molecule has 0 radical (unpaired) electrons. The van der Waals surface area contributed by atoms with Gasteiger partial charge in [-0.1, -0.05) is 48.0 Å². The molecule has 0 bridgehead atoms. The van der Waals surface area contributed by atoms with Crippen LogP contribution in [0.25, 0.3) is 0 Å². The number of hydrogen-bond acceptors (Lipinski definition) is 2. The summed E-state index contributed by atoms with van der Waals surface area (Å²) in [6.45, 7) is 7.70. The van der Waals surface area contributed by atoms with E-state index in [9.17, 15) is 8.42 Å². The topological polar surface area (TPSA) is 37.4 Å². The molecule has 3 nitrogen and oxygen atoms in total. The maximum Gasteiger partial charge on any atom is 0.243 e. The van der Waals surface area contributed by atoms with Crippen LogP contribution in [0.4, 0.5) is 0 Å². The lowest BCUT2D eigenvalue weighted by molar-refractivity contribution is 0.371. The quantitative estimate of drug-likeness (QED) is 0.785. The summed E-state index contributed by atoms with van der Waals surface area (Å²) in [5.74, 6) is 0. The SMILES string of the molecule is Cc1cc(C)c(S(=O)(=O)N(C)[C@@H](C)CCc2ccccc2)c(C)c1. The molecule has 0 aliphatic heterocycles. The zero-order valence-corrected chi connectivity index (χ0v) is 16.0. The van der Waals surface area contributed by atoms with Crippen molar-refractivity contribution in [1.29, 1.82) is 0 Å². The van der Waals surface area contributed by atoms with Crippen LogP contribution >= 0.6 is 0 Å². The van der Waals surface area contributed by atoms with Gasteiger partial charge in [-0.3, -0.25) is 0 Å². The molecule has 0 aliphatic rings. The van der Waals surface area contributed by atoms with Gasteiger partial charge in [-0.2, -0.15) is 4.31 Å². The van der Waals surface area contributed by atoms with Gasteiger partial charge in [0.15, 0.2) is 0 Å². The molecule has 0 amide bonds. The predicted octanol–water partition coefficient (Wildman–Crippen LogP) is 4.25. The minimum absolute atomic E-state index is 0.0599. The van der Waals surface area contributed by atoms with Crippen LogP contribution in [0.1, 0.15) is 35.6 Å². The lowest BCUT2D eigenvalue weighted by atomic mass is 10.1. The Balaban J connectivity index is 2.19. The maximum absolute atomic E-state index is 13.1. The first-order valence-electron chi connectivity index (χ1n) is 8.33. The second-order valence-corrected chi connectivity index (χ2v) is 8.56. The largest absolute Gasteiger partial charge is 0.243 e. The summed E-state index contributed by atoms with van der Waals surface area (Å²) in [4.78, 5) is 0.446. The number of nitrogens with zero attached hydrogens (tertiary/aromatic N) is 1. The van der Waals surface area contributed by atoms with E-state index in [1.54, 1.807) is 7.05 Å². The second-order valence-electron chi connectivity index (χ2n) is 6.62. The van der Waals surface area contributed by atoms with Crippen LogP contribution in [0.5, 0.6) is 0 Å². The standard InChI is InChI=1S/C20H27NO2S/c1-15-13-16(2)20(17(3)14-15)24(22,23)21(5)18(4)11-12-19-9-7-6-8-10-19/h6-10,13-14,18H,11-12H2,1-5H3/t18-/m0/s1. The Kier molecular flexibility index (Phi) is 5.83. The van der Waals surface area contributed by atoms with Crippen LogP contribution < -0.4 is 0 Å². The summed E-state index contributed by atoms with van der Waals surface area (Å²) in [5.41, 5.74) is 3.95. The minimum atomic E-state index is -3.49. The zero-order chi connectivity index (χ0) is 17.9. The fraction of sp³-hybridized carbons (Fsp3) is 0.400. The molecule has 0 unspecified atom stereocenters. The highest BCUT2D eigenvalue weighted by molar-refractivity contribution is 7.89. The highest BCUT2D eigenvalue weighted by Crippen LogP contribution is 2.26. The maximum atomic E-state index is 13.1. The van der Waals surface area contributed by atoms with E-state index < -0.39 is 10.0 Å². The van der Waals surface area contributed by atoms with Gasteiger partial charge >= 0.3 is 0 Å². The van der Waals surface area contributed by atoms with Crippen LogP contribution in [-0.4, -0.2) is 25.8 Å². The number of hydrogen-bond donors (Lipinski definition) is 0. The molecular weight excluding hydrogens is 318 g/mol. The highest BCUT2D eigenvalue weighted by atomic mass is 32.2. The van der Waals surface area contributed by atoms with Crippen molar-refractivity contribution < 1.29 is 8.42 Å². The van der Waals surface area contributed by atoms with Gasteiger partial charge < -0.3 is 0 Å². The third-order valence-electron chi connectivity index (χ3n) is 4.56. The molecule has 0 fully saturated rings. The van der Waals surface area contributed by atoms with Crippen molar-refractivity contribution >= 4 is 10.0 Å². The molecule has 130 valence electrons. The number of aryl methyl sites for hydroxylation is 4. The fourth-order valence-corrected chi connectivity index (χ4v) is 4.96. The summed E-state index contributed by atoms with van der Waals surface area (Å²) in [5, 5.41) is 0. The van der Waals surface area contributed by atoms with Crippen LogP contribution in [0.3, 0.4) is 0 Å². The Morgan fingerprint density at radius 2 is 1.54 bits per heavy atom. The monoisotopic (exact) mass is 345 g/mol. The molecule has 24 heavy (non-hydrogen) atoms. The Labute approximate surface area is 146 Å². The Bertz CT molecular complexity index is 775.